The van der Waals surface area contributed by atoms with E-state index in [1.165, 1.54) is 10.8 Å². The fraction of sp³-hybridized carbons (Fsp3) is 0.500. The smallest absolute Gasteiger partial charge is 0.236 e. The second-order valence-electron chi connectivity index (χ2n) is 2.33. The molecule has 9 heteroatoms. The van der Waals surface area contributed by atoms with Crippen LogP contribution in [0, 0.1) is 0 Å². The zero-order valence-electron chi connectivity index (χ0n) is 8.48. The van der Waals surface area contributed by atoms with Crippen molar-refractivity contribution in [3.8, 4) is 0 Å². The lowest BCUT2D eigenvalue weighted by Gasteiger charge is -2.19. The highest BCUT2D eigenvalue weighted by atomic mass is 35.6. The maximum atomic E-state index is 10.8. The van der Waals surface area contributed by atoms with Crippen LogP contribution >= 0.6 is 80.4 Å². The summed E-state index contributed by atoms with van der Waals surface area (Å²) in [7, 11) is 0.591. The van der Waals surface area contributed by atoms with Crippen LogP contribution in [0.1, 0.15) is 0 Å². The van der Waals surface area contributed by atoms with E-state index >= 15 is 0 Å². The van der Waals surface area contributed by atoms with Crippen molar-refractivity contribution in [2.45, 2.75) is 7.59 Å². The predicted molar refractivity (Wildman–Crippen MR) is 86.4 cm³/mol. The molecule has 0 fully saturated rings. The first-order valence-corrected chi connectivity index (χ1v) is 9.02. The van der Waals surface area contributed by atoms with Crippen LogP contribution in [0.25, 0.3) is 0 Å². The Kier molecular flexibility index (Phi) is 13.3. The van der Waals surface area contributed by atoms with Crippen LogP contribution in [0.2, 0.25) is 0 Å². The van der Waals surface area contributed by atoms with Gasteiger partial charge in [-0.2, -0.15) is 0 Å². The molecule has 0 aromatic heterocycles. The molecule has 0 amide bonds. The topological polar surface area (TPSA) is 23.1 Å². The Bertz CT molecular complexity index is 213. The molecule has 17 heavy (non-hydrogen) atoms. The first-order valence-electron chi connectivity index (χ1n) is 3.93. The lowest BCUT2D eigenvalue weighted by Crippen LogP contribution is -2.23. The van der Waals surface area contributed by atoms with Crippen molar-refractivity contribution in [1.29, 1.82) is 0 Å². The third-order valence-corrected chi connectivity index (χ3v) is 6.21. The molecule has 0 radical (unpaired) electrons. The molecular weight excluding hydrogens is 389 g/mol. The highest BCUT2D eigenvalue weighted by molar-refractivity contribution is 8.72. The van der Waals surface area contributed by atoms with Crippen LogP contribution < -0.4 is 0 Å². The highest BCUT2D eigenvalue weighted by Crippen LogP contribution is 2.48. The summed E-state index contributed by atoms with van der Waals surface area (Å²) in [5, 5.41) is 0. The van der Waals surface area contributed by atoms with Crippen LogP contribution in [0.4, 0.5) is 0 Å². The Hall–Kier alpha value is 1.88. The van der Waals surface area contributed by atoms with E-state index in [0.717, 1.165) is 5.75 Å². The molecule has 0 saturated carbocycles. The number of alkyl halides is 6. The van der Waals surface area contributed by atoms with E-state index in [4.69, 9.17) is 69.6 Å². The molecule has 0 rings (SSSR count). The fourth-order valence-corrected chi connectivity index (χ4v) is 2.13. The molecule has 0 aromatic rings. The van der Waals surface area contributed by atoms with Crippen molar-refractivity contribution < 1.29 is 4.55 Å². The predicted octanol–water partition coefficient (Wildman–Crippen LogP) is 5.48. The molecule has 0 saturated heterocycles. The van der Waals surface area contributed by atoms with Gasteiger partial charge < -0.3 is 4.55 Å². The Morgan fingerprint density at radius 3 is 1.65 bits per heavy atom. The molecule has 1 atom stereocenters. The van der Waals surface area contributed by atoms with Gasteiger partial charge in [-0.1, -0.05) is 82.3 Å². The minimum atomic E-state index is -1.85. The van der Waals surface area contributed by atoms with Crippen molar-refractivity contribution >= 4 is 90.6 Å². The molecule has 0 aliphatic heterocycles. The maximum absolute atomic E-state index is 10.8. The first-order chi connectivity index (χ1) is 7.56. The van der Waals surface area contributed by atoms with Gasteiger partial charge in [0.15, 0.2) is 0 Å². The summed E-state index contributed by atoms with van der Waals surface area (Å²) < 4.78 is 7.06. The SMILES string of the molecule is C=CCS[S+]([O-])CC=C.ClC(Cl)(Cl)C(Cl)(Cl)Cl. The monoisotopic (exact) mass is 396 g/mol. The molecule has 0 spiro atoms. The van der Waals surface area contributed by atoms with Crippen LogP contribution in [0.3, 0.4) is 0 Å². The molecule has 0 aromatic carbocycles. The summed E-state index contributed by atoms with van der Waals surface area (Å²) in [5.74, 6) is 1.32. The van der Waals surface area contributed by atoms with Crippen LogP contribution in [-0.2, 0) is 10.2 Å². The van der Waals surface area contributed by atoms with E-state index < -0.39 is 17.8 Å². The van der Waals surface area contributed by atoms with Gasteiger partial charge in [0.25, 0.3) is 0 Å². The fourth-order valence-electron chi connectivity index (χ4n) is 0.268. The Labute approximate surface area is 138 Å². The number of hydrogen-bond donors (Lipinski definition) is 0. The van der Waals surface area contributed by atoms with Crippen molar-refractivity contribution in [3.05, 3.63) is 25.3 Å². The number of rotatable bonds is 5. The summed E-state index contributed by atoms with van der Waals surface area (Å²) in [6.45, 7) is 6.99. The van der Waals surface area contributed by atoms with Gasteiger partial charge in [-0.3, -0.25) is 0 Å². The molecule has 0 bridgehead atoms. The summed E-state index contributed by atoms with van der Waals surface area (Å²) in [5.41, 5.74) is 0. The average Bonchev–Trinajstić information content (AvgIpc) is 2.13. The maximum Gasteiger partial charge on any atom is 0.236 e. The second kappa shape index (κ2) is 10.6. The van der Waals surface area contributed by atoms with Gasteiger partial charge in [-0.05, 0) is 6.08 Å². The minimum Gasteiger partial charge on any atom is -0.605 e. The average molecular weight is 399 g/mol. The molecule has 0 aliphatic rings. The van der Waals surface area contributed by atoms with Crippen LogP contribution in [-0.4, -0.2) is 23.6 Å². The van der Waals surface area contributed by atoms with E-state index in [0.29, 0.717) is 5.75 Å². The van der Waals surface area contributed by atoms with E-state index in [1.54, 1.807) is 12.2 Å². The van der Waals surface area contributed by atoms with Crippen molar-refractivity contribution in [3.63, 3.8) is 0 Å². The lowest BCUT2D eigenvalue weighted by molar-refractivity contribution is 0.612. The molecule has 1 unspecified atom stereocenters. The highest BCUT2D eigenvalue weighted by Gasteiger charge is 2.43. The Balaban J connectivity index is 0. The molecule has 1 nitrogen and oxygen atoms in total. The standard InChI is InChI=1S/C6H10OS2.C2Cl6/c1-3-5-8-9(7)6-4-2;3-1(4,5)2(6,7)8/h3-4H,1-2,5-6H2;. The van der Waals surface area contributed by atoms with Crippen molar-refractivity contribution in [2.24, 2.45) is 0 Å². The van der Waals surface area contributed by atoms with Crippen molar-refractivity contribution in [1.82, 2.24) is 0 Å². The van der Waals surface area contributed by atoms with Crippen LogP contribution in [0.5, 0.6) is 0 Å². The third kappa shape index (κ3) is 14.1. The van der Waals surface area contributed by atoms with Crippen LogP contribution in [0.15, 0.2) is 25.3 Å². The Morgan fingerprint density at radius 2 is 1.41 bits per heavy atom. The quantitative estimate of drug-likeness (QED) is 0.265. The molecule has 102 valence electrons. The molecule has 0 aliphatic carbocycles. The molecule has 0 N–H and O–H groups in total. The third-order valence-electron chi connectivity index (χ3n) is 0.893. The molecular formula is C8H10Cl6OS2. The Morgan fingerprint density at radius 1 is 1.00 bits per heavy atom. The summed E-state index contributed by atoms with van der Waals surface area (Å²) >= 11 is 30.9. The summed E-state index contributed by atoms with van der Waals surface area (Å²) in [6, 6.07) is 0. The van der Waals surface area contributed by atoms with E-state index in [-0.39, 0.29) is 0 Å². The van der Waals surface area contributed by atoms with Gasteiger partial charge in [0.2, 0.25) is 7.59 Å². The summed E-state index contributed by atoms with van der Waals surface area (Å²) in [4.78, 5) is 0. The lowest BCUT2D eigenvalue weighted by atomic mass is 10.8. The zero-order chi connectivity index (χ0) is 14.1. The van der Waals surface area contributed by atoms with Gasteiger partial charge in [-0.15, -0.1) is 6.58 Å². The normalized spacial score (nSPS) is 13.4. The van der Waals surface area contributed by atoms with Gasteiger partial charge in [0.05, 0.1) is 16.5 Å². The minimum absolute atomic E-state index is 0.568. The molecule has 0 heterocycles. The van der Waals surface area contributed by atoms with E-state index in [9.17, 15) is 4.55 Å². The largest absolute Gasteiger partial charge is 0.605 e. The second-order valence-corrected chi connectivity index (χ2v) is 10.2. The van der Waals surface area contributed by atoms with Gasteiger partial charge in [0.1, 0.15) is 5.75 Å². The van der Waals surface area contributed by atoms with E-state index in [2.05, 4.69) is 13.2 Å². The first kappa shape index (κ1) is 21.2. The number of hydrogen-bond acceptors (Lipinski definition) is 2. The zero-order valence-corrected chi connectivity index (χ0v) is 14.6. The number of halogens is 6. The van der Waals surface area contributed by atoms with Gasteiger partial charge in [-0.25, -0.2) is 0 Å². The van der Waals surface area contributed by atoms with Gasteiger partial charge >= 0.3 is 0 Å². The van der Waals surface area contributed by atoms with Gasteiger partial charge in [0, 0.05) is 10.2 Å². The van der Waals surface area contributed by atoms with Crippen molar-refractivity contribution in [2.75, 3.05) is 11.5 Å². The summed E-state index contributed by atoms with van der Waals surface area (Å²) in [6.07, 6.45) is 3.40. The van der Waals surface area contributed by atoms with E-state index in [1.807, 2.05) is 0 Å².